The Hall–Kier alpha value is -2.08. The molecule has 0 unspecified atom stereocenters. The minimum absolute atomic E-state index is 0.130. The summed E-state index contributed by atoms with van der Waals surface area (Å²) in [5.41, 5.74) is 2.65. The second-order valence-electron chi connectivity index (χ2n) is 4.93. The van der Waals surface area contributed by atoms with Crippen molar-refractivity contribution in [2.45, 2.75) is 5.75 Å². The van der Waals surface area contributed by atoms with Crippen LogP contribution in [0.1, 0.15) is 5.56 Å². The number of nitrogens with one attached hydrogen (secondary N) is 1. The first-order valence-electron chi connectivity index (χ1n) is 7.07. The standard InChI is InChI=1S/C16H17FN4S/c1-21-16-13(10-20-21)15(6-7-19-16)18-8-9-22-11-12-4-2-3-5-14(12)17/h2-7,10H,8-9,11H2,1H3,(H,18,19). The first-order chi connectivity index (χ1) is 10.8. The lowest BCUT2D eigenvalue weighted by molar-refractivity contribution is 0.617. The summed E-state index contributed by atoms with van der Waals surface area (Å²) in [7, 11) is 1.88. The van der Waals surface area contributed by atoms with Crippen LogP contribution in [0, 0.1) is 5.82 Å². The third-order valence-electron chi connectivity index (χ3n) is 3.41. The normalized spacial score (nSPS) is 11.0. The van der Waals surface area contributed by atoms with E-state index in [1.807, 2.05) is 31.4 Å². The molecule has 0 spiro atoms. The molecule has 0 saturated heterocycles. The Bertz CT molecular complexity index is 772. The molecular weight excluding hydrogens is 299 g/mol. The zero-order chi connectivity index (χ0) is 15.4. The van der Waals surface area contributed by atoms with E-state index in [1.165, 1.54) is 6.07 Å². The lowest BCUT2D eigenvalue weighted by atomic mass is 10.2. The van der Waals surface area contributed by atoms with E-state index in [0.29, 0.717) is 5.75 Å². The van der Waals surface area contributed by atoms with Gasteiger partial charge in [0.1, 0.15) is 5.82 Å². The van der Waals surface area contributed by atoms with Crippen LogP contribution in [0.4, 0.5) is 10.1 Å². The summed E-state index contributed by atoms with van der Waals surface area (Å²) in [6, 6.07) is 8.87. The fourth-order valence-electron chi connectivity index (χ4n) is 2.26. The van der Waals surface area contributed by atoms with Crippen LogP contribution in [-0.2, 0) is 12.8 Å². The van der Waals surface area contributed by atoms with Crippen LogP contribution < -0.4 is 5.32 Å². The van der Waals surface area contributed by atoms with Crippen LogP contribution >= 0.6 is 11.8 Å². The maximum Gasteiger partial charge on any atom is 0.159 e. The number of aryl methyl sites for hydroxylation is 1. The molecule has 6 heteroatoms. The Balaban J connectivity index is 1.52. The number of thioether (sulfide) groups is 1. The summed E-state index contributed by atoms with van der Waals surface area (Å²) >= 11 is 1.71. The van der Waals surface area contributed by atoms with E-state index >= 15 is 0 Å². The molecule has 0 aliphatic carbocycles. The molecule has 3 aromatic rings. The van der Waals surface area contributed by atoms with Crippen molar-refractivity contribution in [2.75, 3.05) is 17.6 Å². The maximum atomic E-state index is 13.5. The number of benzene rings is 1. The summed E-state index contributed by atoms with van der Waals surface area (Å²) in [6.45, 7) is 0.813. The SMILES string of the molecule is Cn1ncc2c(NCCSCc3ccccc3F)ccnc21. The van der Waals surface area contributed by atoms with Gasteiger partial charge in [-0.05, 0) is 17.7 Å². The van der Waals surface area contributed by atoms with Crippen molar-refractivity contribution in [3.63, 3.8) is 0 Å². The molecule has 3 rings (SSSR count). The predicted molar refractivity (Wildman–Crippen MR) is 89.6 cm³/mol. The van der Waals surface area contributed by atoms with Crippen LogP contribution in [0.3, 0.4) is 0 Å². The van der Waals surface area contributed by atoms with Gasteiger partial charge < -0.3 is 5.32 Å². The van der Waals surface area contributed by atoms with Gasteiger partial charge in [-0.15, -0.1) is 0 Å². The van der Waals surface area contributed by atoms with Crippen molar-refractivity contribution in [1.82, 2.24) is 14.8 Å². The third-order valence-corrected chi connectivity index (χ3v) is 4.42. The van der Waals surface area contributed by atoms with E-state index < -0.39 is 0 Å². The Morgan fingerprint density at radius 3 is 3.00 bits per heavy atom. The number of pyridine rings is 1. The molecule has 0 bridgehead atoms. The van der Waals surface area contributed by atoms with Crippen LogP contribution in [0.2, 0.25) is 0 Å². The van der Waals surface area contributed by atoms with Crippen LogP contribution in [0.5, 0.6) is 0 Å². The zero-order valence-electron chi connectivity index (χ0n) is 12.3. The van der Waals surface area contributed by atoms with E-state index in [9.17, 15) is 4.39 Å². The summed E-state index contributed by atoms with van der Waals surface area (Å²) in [5, 5.41) is 8.63. The summed E-state index contributed by atoms with van der Waals surface area (Å²) in [5.74, 6) is 1.46. The average Bonchev–Trinajstić information content (AvgIpc) is 2.91. The van der Waals surface area contributed by atoms with Gasteiger partial charge >= 0.3 is 0 Å². The van der Waals surface area contributed by atoms with Gasteiger partial charge in [0.2, 0.25) is 0 Å². The highest BCUT2D eigenvalue weighted by molar-refractivity contribution is 7.98. The number of hydrogen-bond donors (Lipinski definition) is 1. The lowest BCUT2D eigenvalue weighted by Gasteiger charge is -2.07. The largest absolute Gasteiger partial charge is 0.384 e. The highest BCUT2D eigenvalue weighted by Gasteiger charge is 2.05. The molecule has 22 heavy (non-hydrogen) atoms. The molecule has 1 aromatic carbocycles. The Morgan fingerprint density at radius 2 is 2.14 bits per heavy atom. The van der Waals surface area contributed by atoms with Crippen molar-refractivity contribution in [2.24, 2.45) is 7.05 Å². The fourth-order valence-corrected chi connectivity index (χ4v) is 3.10. The number of rotatable bonds is 6. The summed E-state index contributed by atoms with van der Waals surface area (Å²) in [6.07, 6.45) is 3.59. The van der Waals surface area contributed by atoms with E-state index in [4.69, 9.17) is 0 Å². The highest BCUT2D eigenvalue weighted by Crippen LogP contribution is 2.21. The quantitative estimate of drug-likeness (QED) is 0.707. The van der Waals surface area contributed by atoms with Gasteiger partial charge in [0.05, 0.1) is 11.6 Å². The van der Waals surface area contributed by atoms with Crippen molar-refractivity contribution in [1.29, 1.82) is 0 Å². The van der Waals surface area contributed by atoms with E-state index in [-0.39, 0.29) is 5.82 Å². The Morgan fingerprint density at radius 1 is 1.27 bits per heavy atom. The number of anilines is 1. The summed E-state index contributed by atoms with van der Waals surface area (Å²) in [4.78, 5) is 4.31. The second-order valence-corrected chi connectivity index (χ2v) is 6.04. The Kier molecular flexibility index (Phi) is 4.58. The molecule has 0 aliphatic heterocycles. The molecule has 114 valence electrons. The van der Waals surface area contributed by atoms with E-state index in [1.54, 1.807) is 28.7 Å². The number of aromatic nitrogens is 3. The van der Waals surface area contributed by atoms with Gasteiger partial charge in [0.25, 0.3) is 0 Å². The number of nitrogens with zero attached hydrogens (tertiary/aromatic N) is 3. The van der Waals surface area contributed by atoms with Crippen LogP contribution in [-0.4, -0.2) is 27.1 Å². The van der Waals surface area contributed by atoms with Gasteiger partial charge in [-0.1, -0.05) is 18.2 Å². The fraction of sp³-hybridized carbons (Fsp3) is 0.250. The number of hydrogen-bond acceptors (Lipinski definition) is 4. The molecular formula is C16H17FN4S. The minimum atomic E-state index is -0.130. The van der Waals surface area contributed by atoms with E-state index in [2.05, 4.69) is 15.4 Å². The molecule has 0 aliphatic rings. The molecule has 1 N–H and O–H groups in total. The van der Waals surface area contributed by atoms with Gasteiger partial charge in [-0.2, -0.15) is 16.9 Å². The van der Waals surface area contributed by atoms with Crippen molar-refractivity contribution >= 4 is 28.5 Å². The Labute approximate surface area is 132 Å². The first kappa shape index (κ1) is 14.8. The second kappa shape index (κ2) is 6.79. The van der Waals surface area contributed by atoms with Crippen molar-refractivity contribution < 1.29 is 4.39 Å². The molecule has 0 radical (unpaired) electrons. The van der Waals surface area contributed by atoms with Gasteiger partial charge in [0, 0.05) is 37.0 Å². The first-order valence-corrected chi connectivity index (χ1v) is 8.23. The minimum Gasteiger partial charge on any atom is -0.384 e. The maximum absolute atomic E-state index is 13.5. The third kappa shape index (κ3) is 3.22. The van der Waals surface area contributed by atoms with Crippen LogP contribution in [0.15, 0.2) is 42.7 Å². The smallest absolute Gasteiger partial charge is 0.159 e. The lowest BCUT2D eigenvalue weighted by Crippen LogP contribution is -2.05. The van der Waals surface area contributed by atoms with Gasteiger partial charge in [-0.3, -0.25) is 4.68 Å². The molecule has 0 saturated carbocycles. The number of halogens is 1. The van der Waals surface area contributed by atoms with Crippen molar-refractivity contribution in [3.8, 4) is 0 Å². The molecule has 0 atom stereocenters. The van der Waals surface area contributed by atoms with Crippen LogP contribution in [0.25, 0.3) is 11.0 Å². The van der Waals surface area contributed by atoms with Gasteiger partial charge in [-0.25, -0.2) is 9.37 Å². The number of fused-ring (bicyclic) bond motifs is 1. The predicted octanol–water partition coefficient (Wildman–Crippen LogP) is 3.45. The molecule has 0 fully saturated rings. The molecule has 4 nitrogen and oxygen atoms in total. The van der Waals surface area contributed by atoms with Gasteiger partial charge in [0.15, 0.2) is 5.65 Å². The van der Waals surface area contributed by atoms with Crippen molar-refractivity contribution in [3.05, 3.63) is 54.1 Å². The molecule has 2 heterocycles. The zero-order valence-corrected chi connectivity index (χ0v) is 13.1. The highest BCUT2D eigenvalue weighted by atomic mass is 32.2. The topological polar surface area (TPSA) is 42.7 Å². The molecule has 0 amide bonds. The average molecular weight is 316 g/mol. The molecule has 2 aromatic heterocycles. The monoisotopic (exact) mass is 316 g/mol. The van der Waals surface area contributed by atoms with E-state index in [0.717, 1.165) is 34.6 Å². The summed E-state index contributed by atoms with van der Waals surface area (Å²) < 4.78 is 15.3.